The number of Topliss-reactive ketones (excluding diaryl/α,β-unsaturated/α-hetero) is 1. The van der Waals surface area contributed by atoms with E-state index in [4.69, 9.17) is 4.74 Å². The zero-order chi connectivity index (χ0) is 21.5. The number of phenols is 4. The van der Waals surface area contributed by atoms with Gasteiger partial charge in [0.05, 0.1) is 5.56 Å². The summed E-state index contributed by atoms with van der Waals surface area (Å²) in [5.41, 5.74) is 0.406. The summed E-state index contributed by atoms with van der Waals surface area (Å²) in [5, 5.41) is 39.6. The van der Waals surface area contributed by atoms with Crippen LogP contribution in [0.2, 0.25) is 0 Å². The smallest absolute Gasteiger partial charge is 0.322 e. The number of phenolic OH excluding ortho intramolecular Hbond substituents is 4. The lowest BCUT2D eigenvalue weighted by molar-refractivity contribution is -0.146. The number of ether oxygens (including phenoxy) is 1. The minimum Gasteiger partial charge on any atom is -0.507 e. The van der Waals surface area contributed by atoms with E-state index in [1.54, 1.807) is 0 Å². The van der Waals surface area contributed by atoms with Gasteiger partial charge in [0.15, 0.2) is 23.1 Å². The summed E-state index contributed by atoms with van der Waals surface area (Å²) in [5.74, 6) is -5.02. The molecule has 1 aliphatic heterocycles. The SMILES string of the molecule is CC(=O)c1cc(C)c(O)c(CC2C(=O)C=C(c3ccc(O)c(O)c3)OC2=O)c1O. The van der Waals surface area contributed by atoms with Gasteiger partial charge in [-0.2, -0.15) is 0 Å². The molecule has 0 bridgehead atoms. The molecule has 0 aliphatic carbocycles. The van der Waals surface area contributed by atoms with Crippen molar-refractivity contribution in [2.75, 3.05) is 0 Å². The van der Waals surface area contributed by atoms with Gasteiger partial charge in [-0.1, -0.05) is 0 Å². The maximum Gasteiger partial charge on any atom is 0.322 e. The summed E-state index contributed by atoms with van der Waals surface area (Å²) in [6, 6.07) is 5.01. The predicted octanol–water partition coefficient (Wildman–Crippen LogP) is 2.35. The average molecular weight is 398 g/mol. The van der Waals surface area contributed by atoms with Crippen LogP contribution in [-0.4, -0.2) is 38.0 Å². The Hall–Kier alpha value is -3.81. The van der Waals surface area contributed by atoms with Crippen LogP contribution in [0, 0.1) is 12.8 Å². The Bertz CT molecular complexity index is 1080. The number of rotatable bonds is 4. The van der Waals surface area contributed by atoms with E-state index in [1.807, 2.05) is 0 Å². The van der Waals surface area contributed by atoms with Crippen LogP contribution in [0.15, 0.2) is 30.3 Å². The molecule has 2 aromatic rings. The first kappa shape index (κ1) is 19.9. The summed E-state index contributed by atoms with van der Waals surface area (Å²) in [6.45, 7) is 2.78. The molecule has 8 nitrogen and oxygen atoms in total. The van der Waals surface area contributed by atoms with Gasteiger partial charge >= 0.3 is 5.97 Å². The molecule has 3 rings (SSSR count). The molecule has 0 spiro atoms. The predicted molar refractivity (Wildman–Crippen MR) is 101 cm³/mol. The van der Waals surface area contributed by atoms with Crippen LogP contribution in [0.25, 0.3) is 5.76 Å². The Morgan fingerprint density at radius 1 is 1.03 bits per heavy atom. The van der Waals surface area contributed by atoms with E-state index < -0.39 is 35.0 Å². The highest BCUT2D eigenvalue weighted by Crippen LogP contribution is 2.38. The molecule has 4 N–H and O–H groups in total. The molecule has 29 heavy (non-hydrogen) atoms. The number of allylic oxidation sites excluding steroid dienone is 1. The lowest BCUT2D eigenvalue weighted by atomic mass is 9.89. The molecule has 1 heterocycles. The maximum absolute atomic E-state index is 12.6. The van der Waals surface area contributed by atoms with E-state index in [0.717, 1.165) is 12.1 Å². The van der Waals surface area contributed by atoms with Crippen molar-refractivity contribution in [2.45, 2.75) is 20.3 Å². The number of carbonyl (C=O) groups is 3. The van der Waals surface area contributed by atoms with Crippen molar-refractivity contribution >= 4 is 23.3 Å². The second-order valence-corrected chi connectivity index (χ2v) is 6.77. The first-order chi connectivity index (χ1) is 13.6. The number of carbonyl (C=O) groups excluding carboxylic acids is 3. The van der Waals surface area contributed by atoms with Crippen molar-refractivity contribution in [1.29, 1.82) is 0 Å². The Morgan fingerprint density at radius 2 is 1.72 bits per heavy atom. The number of ketones is 2. The molecule has 1 unspecified atom stereocenters. The standard InChI is InChI=1S/C21H18O8/c1-9-5-12(10(2)22)20(27)14(19(9)26)7-13-16(24)8-18(29-21(13)28)11-3-4-15(23)17(25)6-11/h3-6,8,13,23,25-27H,7H2,1-2H3. The van der Waals surface area contributed by atoms with Crippen LogP contribution in [0.5, 0.6) is 23.0 Å². The lowest BCUT2D eigenvalue weighted by Gasteiger charge is -2.22. The number of cyclic esters (lactones) is 1. The Kier molecular flexibility index (Phi) is 5.02. The van der Waals surface area contributed by atoms with Gasteiger partial charge in [0, 0.05) is 23.6 Å². The Balaban J connectivity index is 1.96. The zero-order valence-corrected chi connectivity index (χ0v) is 15.6. The second kappa shape index (κ2) is 7.31. The lowest BCUT2D eigenvalue weighted by Crippen LogP contribution is -2.31. The average Bonchev–Trinajstić information content (AvgIpc) is 2.65. The van der Waals surface area contributed by atoms with Gasteiger partial charge < -0.3 is 25.2 Å². The summed E-state index contributed by atoms with van der Waals surface area (Å²) in [7, 11) is 0. The fraction of sp³-hybridized carbons (Fsp3) is 0.190. The van der Waals surface area contributed by atoms with Crippen molar-refractivity contribution < 1.29 is 39.5 Å². The van der Waals surface area contributed by atoms with Crippen LogP contribution in [0.3, 0.4) is 0 Å². The largest absolute Gasteiger partial charge is 0.507 e. The van der Waals surface area contributed by atoms with Crippen LogP contribution < -0.4 is 0 Å². The monoisotopic (exact) mass is 398 g/mol. The van der Waals surface area contributed by atoms with E-state index in [-0.39, 0.29) is 40.4 Å². The fourth-order valence-corrected chi connectivity index (χ4v) is 3.09. The van der Waals surface area contributed by atoms with Crippen LogP contribution in [0.1, 0.15) is 34.0 Å². The third-order valence-corrected chi connectivity index (χ3v) is 4.72. The summed E-state index contributed by atoms with van der Waals surface area (Å²) in [6.07, 6.45) is 0.704. The summed E-state index contributed by atoms with van der Waals surface area (Å²) in [4.78, 5) is 36.7. The number of hydrogen-bond acceptors (Lipinski definition) is 8. The number of aromatic hydroxyl groups is 4. The molecule has 150 valence electrons. The zero-order valence-electron chi connectivity index (χ0n) is 15.6. The first-order valence-corrected chi connectivity index (χ1v) is 8.65. The molecule has 0 radical (unpaired) electrons. The normalized spacial score (nSPS) is 16.3. The topological polar surface area (TPSA) is 141 Å². The molecular weight excluding hydrogens is 380 g/mol. The van der Waals surface area contributed by atoms with Crippen molar-refractivity contribution in [3.05, 3.63) is 52.6 Å². The van der Waals surface area contributed by atoms with E-state index in [1.165, 1.54) is 32.0 Å². The van der Waals surface area contributed by atoms with Crippen molar-refractivity contribution in [3.63, 3.8) is 0 Å². The van der Waals surface area contributed by atoms with Gasteiger partial charge in [0.1, 0.15) is 23.2 Å². The number of hydrogen-bond donors (Lipinski definition) is 4. The van der Waals surface area contributed by atoms with E-state index >= 15 is 0 Å². The number of benzene rings is 2. The molecule has 2 aromatic carbocycles. The molecule has 0 aromatic heterocycles. The summed E-state index contributed by atoms with van der Waals surface area (Å²) < 4.78 is 5.19. The highest BCUT2D eigenvalue weighted by Gasteiger charge is 2.35. The third-order valence-electron chi connectivity index (χ3n) is 4.72. The van der Waals surface area contributed by atoms with Crippen LogP contribution in [0.4, 0.5) is 0 Å². The molecule has 1 atom stereocenters. The van der Waals surface area contributed by atoms with Gasteiger partial charge in [-0.15, -0.1) is 0 Å². The first-order valence-electron chi connectivity index (χ1n) is 8.65. The minimum atomic E-state index is -1.33. The minimum absolute atomic E-state index is 0.0253. The molecule has 0 saturated carbocycles. The van der Waals surface area contributed by atoms with Gasteiger partial charge in [-0.05, 0) is 43.7 Å². The van der Waals surface area contributed by atoms with Gasteiger partial charge in [-0.25, -0.2) is 0 Å². The van der Waals surface area contributed by atoms with Crippen LogP contribution >= 0.6 is 0 Å². The quantitative estimate of drug-likeness (QED) is 0.266. The van der Waals surface area contributed by atoms with Crippen molar-refractivity contribution in [3.8, 4) is 23.0 Å². The van der Waals surface area contributed by atoms with Crippen molar-refractivity contribution in [1.82, 2.24) is 0 Å². The van der Waals surface area contributed by atoms with E-state index in [9.17, 15) is 34.8 Å². The van der Waals surface area contributed by atoms with Gasteiger partial charge in [-0.3, -0.25) is 14.4 Å². The van der Waals surface area contributed by atoms with Gasteiger partial charge in [0.2, 0.25) is 0 Å². The van der Waals surface area contributed by atoms with Gasteiger partial charge in [0.25, 0.3) is 0 Å². The molecule has 8 heteroatoms. The molecular formula is C21H18O8. The number of esters is 1. The highest BCUT2D eigenvalue weighted by molar-refractivity contribution is 6.12. The highest BCUT2D eigenvalue weighted by atomic mass is 16.5. The van der Waals surface area contributed by atoms with Crippen LogP contribution in [-0.2, 0) is 20.7 Å². The van der Waals surface area contributed by atoms with E-state index in [0.29, 0.717) is 5.56 Å². The second-order valence-electron chi connectivity index (χ2n) is 6.77. The molecule has 0 saturated heterocycles. The van der Waals surface area contributed by atoms with E-state index in [2.05, 4.69) is 0 Å². The number of aryl methyl sites for hydroxylation is 1. The van der Waals surface area contributed by atoms with Crippen molar-refractivity contribution in [2.24, 2.45) is 5.92 Å². The molecule has 0 amide bonds. The Morgan fingerprint density at radius 3 is 2.31 bits per heavy atom. The molecule has 1 aliphatic rings. The third kappa shape index (κ3) is 3.64. The summed E-state index contributed by atoms with van der Waals surface area (Å²) >= 11 is 0. The molecule has 0 fully saturated rings. The fourth-order valence-electron chi connectivity index (χ4n) is 3.09. The Labute approximate surface area is 165 Å². The maximum atomic E-state index is 12.6.